The van der Waals surface area contributed by atoms with Crippen LogP contribution in [-0.4, -0.2) is 68.6 Å². The number of aromatic nitrogens is 6. The minimum atomic E-state index is -0.376. The number of ketones is 1. The van der Waals surface area contributed by atoms with Crippen LogP contribution in [0.1, 0.15) is 42.7 Å². The molecule has 0 unspecified atom stereocenters. The highest BCUT2D eigenvalue weighted by atomic mass is 35.5. The summed E-state index contributed by atoms with van der Waals surface area (Å²) in [5.74, 6) is 0.354. The van der Waals surface area contributed by atoms with Crippen LogP contribution < -0.4 is 36.5 Å². The van der Waals surface area contributed by atoms with Crippen molar-refractivity contribution in [2.45, 2.75) is 13.2 Å². The molecule has 0 atom stereocenters. The molecule has 18 nitrogen and oxygen atoms in total. The monoisotopic (exact) mass is 875 g/mol. The van der Waals surface area contributed by atoms with E-state index >= 15 is 0 Å². The van der Waals surface area contributed by atoms with E-state index < -0.39 is 0 Å². The van der Waals surface area contributed by atoms with Crippen LogP contribution in [-0.2, 0) is 13.2 Å². The van der Waals surface area contributed by atoms with Gasteiger partial charge in [0.15, 0.2) is 17.4 Å². The van der Waals surface area contributed by atoms with Crippen LogP contribution in [0.25, 0.3) is 21.9 Å². The Morgan fingerprint density at radius 3 is 1.65 bits per heavy atom. The Morgan fingerprint density at radius 2 is 1.15 bits per heavy atom. The molecule has 6 heterocycles. The van der Waals surface area contributed by atoms with Crippen molar-refractivity contribution in [3.8, 4) is 11.8 Å². The molecule has 2 aromatic carbocycles. The summed E-state index contributed by atoms with van der Waals surface area (Å²) >= 11 is 11.9. The molecule has 314 valence electrons. The summed E-state index contributed by atoms with van der Waals surface area (Å²) in [5.41, 5.74) is 9.75. The van der Waals surface area contributed by atoms with Crippen LogP contribution in [0.15, 0.2) is 112 Å². The molecule has 0 saturated heterocycles. The number of amides is 2. The van der Waals surface area contributed by atoms with Gasteiger partial charge in [-0.25, -0.2) is 0 Å². The van der Waals surface area contributed by atoms with Crippen LogP contribution in [0.4, 0.5) is 23.0 Å². The molecule has 0 spiro atoms. The number of anilines is 4. The minimum absolute atomic E-state index is 0.0668. The van der Waals surface area contributed by atoms with Crippen molar-refractivity contribution in [1.82, 2.24) is 41.0 Å². The Morgan fingerprint density at radius 1 is 0.645 bits per heavy atom. The number of pyridine rings is 2. The van der Waals surface area contributed by atoms with Gasteiger partial charge in [-0.3, -0.25) is 24.4 Å². The first-order valence-electron chi connectivity index (χ1n) is 18.5. The number of benzene rings is 2. The number of nitrogens with one attached hydrogen (secondary N) is 4. The van der Waals surface area contributed by atoms with Crippen LogP contribution >= 0.6 is 23.2 Å². The maximum atomic E-state index is 12.1. The van der Waals surface area contributed by atoms with Crippen molar-refractivity contribution in [3.63, 3.8) is 0 Å². The molecule has 8 rings (SSSR count). The second-order valence-electron chi connectivity index (χ2n) is 12.9. The highest BCUT2D eigenvalue weighted by molar-refractivity contribution is 6.31. The molecule has 0 aliphatic heterocycles. The lowest BCUT2D eigenvalue weighted by molar-refractivity contribution is 0.0950. The first-order valence-corrected chi connectivity index (χ1v) is 19.3. The van der Waals surface area contributed by atoms with E-state index in [9.17, 15) is 14.4 Å². The van der Waals surface area contributed by atoms with Crippen LogP contribution in [0.2, 0.25) is 10.0 Å². The van der Waals surface area contributed by atoms with Crippen molar-refractivity contribution in [2.75, 3.05) is 31.3 Å². The largest absolute Gasteiger partial charge is 0.469 e. The molecule has 0 aliphatic rings. The molecule has 0 bridgehead atoms. The molecule has 8 aromatic rings. The molecular formula is C42H35Cl2N11O7. The van der Waals surface area contributed by atoms with Gasteiger partial charge in [0.2, 0.25) is 16.9 Å². The molecular weight excluding hydrogens is 841 g/mol. The maximum absolute atomic E-state index is 12.1. The molecule has 2 amide bonds. The van der Waals surface area contributed by atoms with Gasteiger partial charge in [0.05, 0.1) is 23.6 Å². The smallest absolute Gasteiger partial charge is 0.278 e. The number of rotatable bonds is 14. The van der Waals surface area contributed by atoms with Gasteiger partial charge in [0.25, 0.3) is 23.6 Å². The fourth-order valence-electron chi connectivity index (χ4n) is 5.66. The van der Waals surface area contributed by atoms with E-state index in [1.165, 1.54) is 13.2 Å². The highest BCUT2D eigenvalue weighted by Crippen LogP contribution is 2.34. The lowest BCUT2D eigenvalue weighted by Crippen LogP contribution is -2.19. The van der Waals surface area contributed by atoms with Gasteiger partial charge >= 0.3 is 0 Å². The zero-order valence-electron chi connectivity index (χ0n) is 32.8. The predicted octanol–water partition coefficient (Wildman–Crippen LogP) is 7.05. The van der Waals surface area contributed by atoms with Gasteiger partial charge in [-0.05, 0) is 96.1 Å². The summed E-state index contributed by atoms with van der Waals surface area (Å²) < 4.78 is 22.9. The third-order valence-corrected chi connectivity index (χ3v) is 9.27. The van der Waals surface area contributed by atoms with E-state index in [0.717, 1.165) is 22.3 Å². The van der Waals surface area contributed by atoms with Gasteiger partial charge in [-0.15, -0.1) is 20.4 Å². The van der Waals surface area contributed by atoms with Crippen LogP contribution in [0.3, 0.4) is 0 Å². The lowest BCUT2D eigenvalue weighted by Gasteiger charge is -2.09. The average molecular weight is 877 g/mol. The Labute approximate surface area is 362 Å². The number of carbonyl (C=O) groups excluding carboxylic acids is 3. The molecule has 0 radical (unpaired) electrons. The van der Waals surface area contributed by atoms with Crippen LogP contribution in [0, 0.1) is 0 Å². The van der Waals surface area contributed by atoms with E-state index in [4.69, 9.17) is 47.2 Å². The van der Waals surface area contributed by atoms with Gasteiger partial charge in [0, 0.05) is 47.9 Å². The third-order valence-electron chi connectivity index (χ3n) is 8.77. The first kappa shape index (κ1) is 42.5. The number of fused-ring (bicyclic) bond motifs is 2. The van der Waals surface area contributed by atoms with Crippen molar-refractivity contribution < 1.29 is 32.7 Å². The average Bonchev–Trinajstić information content (AvgIpc) is 4.00. The van der Waals surface area contributed by atoms with E-state index in [2.05, 4.69) is 51.6 Å². The summed E-state index contributed by atoms with van der Waals surface area (Å²) in [7, 11) is 3.08. The third kappa shape index (κ3) is 10.2. The normalized spacial score (nSPS) is 10.7. The summed E-state index contributed by atoms with van der Waals surface area (Å²) in [6.07, 6.45) is 4.61. The second-order valence-corrected chi connectivity index (χ2v) is 13.8. The topological polar surface area (TPSA) is 247 Å². The lowest BCUT2D eigenvalue weighted by atomic mass is 10.2. The van der Waals surface area contributed by atoms with E-state index in [1.807, 2.05) is 12.1 Å². The number of Topliss-reactive ketones (excluding diaryl/α,β-unsaturated/α-hetero) is 1. The number of hydrogen-bond acceptors (Lipinski definition) is 16. The molecule has 6 N–H and O–H groups in total. The number of furan rings is 2. The van der Waals surface area contributed by atoms with Gasteiger partial charge in [0.1, 0.15) is 24.6 Å². The molecule has 6 aromatic heterocycles. The Bertz CT molecular complexity index is 2870. The molecule has 0 aliphatic carbocycles. The fraction of sp³-hybridized carbons (Fsp3) is 0.119. The zero-order chi connectivity index (χ0) is 43.6. The number of halogens is 2. The minimum Gasteiger partial charge on any atom is -0.469 e. The van der Waals surface area contributed by atoms with Crippen LogP contribution in [0.5, 0.6) is 11.8 Å². The molecule has 0 fully saturated rings. The van der Waals surface area contributed by atoms with E-state index in [-0.39, 0.29) is 66.2 Å². The Kier molecular flexibility index (Phi) is 13.4. The zero-order valence-corrected chi connectivity index (χ0v) is 34.3. The quantitative estimate of drug-likeness (QED) is 0.0687. The Balaban J connectivity index is 0.000000188. The molecule has 20 heteroatoms. The van der Waals surface area contributed by atoms with Gasteiger partial charge < -0.3 is 45.3 Å². The maximum Gasteiger partial charge on any atom is 0.278 e. The predicted molar refractivity (Wildman–Crippen MR) is 230 cm³/mol. The van der Waals surface area contributed by atoms with Crippen molar-refractivity contribution in [3.05, 3.63) is 142 Å². The first-order chi connectivity index (χ1) is 30.1. The van der Waals surface area contributed by atoms with Crippen molar-refractivity contribution in [2.24, 2.45) is 5.73 Å². The summed E-state index contributed by atoms with van der Waals surface area (Å²) in [5, 5.41) is 30.5. The highest BCUT2D eigenvalue weighted by Gasteiger charge is 2.21. The van der Waals surface area contributed by atoms with Gasteiger partial charge in [-0.2, -0.15) is 0 Å². The second kappa shape index (κ2) is 19.6. The van der Waals surface area contributed by atoms with Crippen molar-refractivity contribution in [1.29, 1.82) is 0 Å². The molecule has 62 heavy (non-hydrogen) atoms. The summed E-state index contributed by atoms with van der Waals surface area (Å²) in [6.45, 7) is 0.0399. The number of nitrogens with two attached hydrogens (primary N) is 1. The number of ether oxygens (including phenoxy) is 2. The van der Waals surface area contributed by atoms with E-state index in [0.29, 0.717) is 43.9 Å². The van der Waals surface area contributed by atoms with Crippen molar-refractivity contribution >= 4 is 85.7 Å². The number of carbonyl (C=O) groups is 3. The van der Waals surface area contributed by atoms with Gasteiger partial charge in [-0.1, -0.05) is 23.2 Å². The summed E-state index contributed by atoms with van der Waals surface area (Å²) in [6, 6.07) is 24.3. The SMILES string of the molecule is CNC(=O)c1cc(COc2nnc(Nc3ccc(Cl)cc3)c3cc(C(=O)CN)oc23)ccn1.CNC(=O)c1cc(COc2nnc(Nc3ccc(Cl)cc3)c3ccoc23)ccn1. The fourth-order valence-corrected chi connectivity index (χ4v) is 5.92. The Hall–Kier alpha value is -7.67. The molecule has 0 saturated carbocycles. The van der Waals surface area contributed by atoms with E-state index in [1.54, 1.807) is 92.3 Å². The summed E-state index contributed by atoms with van der Waals surface area (Å²) in [4.78, 5) is 43.7. The number of nitrogens with zero attached hydrogens (tertiary/aromatic N) is 6. The standard InChI is InChI=1S/C22H19ClN6O4.C20H16ClN5O3/c1-25-21(31)16-8-12(6-7-26-16)11-32-22-19-15(9-18(33-19)17(30)10-24)20(28-29-22)27-14-4-2-13(23)3-5-14;1-22-19(27)16-10-12(6-8-23-16)11-29-20-17-15(7-9-28-17)18(25-26-20)24-14-4-2-13(21)3-5-14/h2-9H,10-11,24H2,1H3,(H,25,31)(H,27,28);2-10H,11H2,1H3,(H,22,27)(H,24,25). The number of hydrogen-bond donors (Lipinski definition) is 5.